The summed E-state index contributed by atoms with van der Waals surface area (Å²) in [7, 11) is -7.59. The van der Waals surface area contributed by atoms with Crippen LogP contribution >= 0.6 is 0 Å². The fourth-order valence-corrected chi connectivity index (χ4v) is 1.29. The molecule has 0 radical (unpaired) electrons. The number of amides is 2. The molecule has 0 spiro atoms. The van der Waals surface area contributed by atoms with E-state index in [2.05, 4.69) is 0 Å². The van der Waals surface area contributed by atoms with Gasteiger partial charge < -0.3 is 10.2 Å². The van der Waals surface area contributed by atoms with Gasteiger partial charge in [-0.15, -0.1) is 9.66 Å². The van der Waals surface area contributed by atoms with E-state index >= 15 is 0 Å². The van der Waals surface area contributed by atoms with E-state index in [0.29, 0.717) is 12.5 Å². The van der Waals surface area contributed by atoms with Crippen molar-refractivity contribution >= 4 is 31.9 Å². The molecule has 6 N–H and O–H groups in total. The number of carbonyl (C=O) groups is 2. The van der Waals surface area contributed by atoms with Crippen LogP contribution in [-0.4, -0.2) is 63.6 Å². The first-order valence-electron chi connectivity index (χ1n) is 4.73. The van der Waals surface area contributed by atoms with E-state index in [0.717, 1.165) is 0 Å². The minimum absolute atomic E-state index is 0.707. The second-order valence-corrected chi connectivity index (χ2v) is 7.11. The van der Waals surface area contributed by atoms with E-state index in [1.54, 1.807) is 0 Å². The van der Waals surface area contributed by atoms with Gasteiger partial charge in [0.2, 0.25) is 20.0 Å². The predicted molar refractivity (Wildman–Crippen MR) is 64.3 cm³/mol. The van der Waals surface area contributed by atoms with Gasteiger partial charge >= 0.3 is 0 Å². The average molecular weight is 334 g/mol. The third-order valence-corrected chi connectivity index (χ3v) is 2.50. The van der Waals surface area contributed by atoms with Crippen molar-refractivity contribution < 1.29 is 36.6 Å². The lowest BCUT2D eigenvalue weighted by molar-refractivity contribution is -0.146. The van der Waals surface area contributed by atoms with Crippen molar-refractivity contribution in [3.63, 3.8) is 0 Å². The molecule has 0 saturated carbocycles. The number of aliphatic hydroxyl groups is 2. The first kappa shape index (κ1) is 18.7. The number of carbonyl (C=O) groups excluding carboxylic acids is 2. The van der Waals surface area contributed by atoms with E-state index in [9.17, 15) is 36.6 Å². The summed E-state index contributed by atoms with van der Waals surface area (Å²) in [4.78, 5) is 25.4. The lowest BCUT2D eigenvalue weighted by Crippen LogP contribution is -2.55. The molecule has 0 fully saturated rings. The third kappa shape index (κ3) is 7.97. The lowest BCUT2D eigenvalue weighted by atomic mass is 10.2. The Hall–Kier alpha value is -1.32. The third-order valence-electron chi connectivity index (χ3n) is 1.56. The van der Waals surface area contributed by atoms with Gasteiger partial charge in [0, 0.05) is 0 Å². The Morgan fingerprint density at radius 3 is 1.25 bits per heavy atom. The van der Waals surface area contributed by atoms with E-state index in [-0.39, 0.29) is 0 Å². The maximum Gasteiger partial charge on any atom is 0.267 e. The van der Waals surface area contributed by atoms with Crippen molar-refractivity contribution in [2.75, 3.05) is 12.5 Å². The summed E-state index contributed by atoms with van der Waals surface area (Å²) in [5.41, 5.74) is 3.05. The van der Waals surface area contributed by atoms with Gasteiger partial charge in [-0.25, -0.2) is 16.8 Å². The molecule has 0 bridgehead atoms. The molecule has 0 heterocycles. The molecule has 0 aromatic rings. The Bertz CT molecular complexity index is 518. The van der Waals surface area contributed by atoms with E-state index in [1.165, 1.54) is 20.5 Å². The van der Waals surface area contributed by atoms with Crippen LogP contribution in [0.2, 0.25) is 0 Å². The van der Waals surface area contributed by atoms with Crippen LogP contribution in [0, 0.1) is 0 Å². The molecule has 0 aromatic carbocycles. The SMILES string of the molecule is CS(=O)(=O)NNC(=O)C(O)C(O)C(=O)NNS(C)(=O)=O. The van der Waals surface area contributed by atoms with Crippen LogP contribution in [0.5, 0.6) is 0 Å². The fourth-order valence-electron chi connectivity index (χ4n) is 0.721. The Morgan fingerprint density at radius 1 is 0.800 bits per heavy atom. The van der Waals surface area contributed by atoms with Gasteiger partial charge in [-0.2, -0.15) is 0 Å². The van der Waals surface area contributed by atoms with Crippen molar-refractivity contribution in [3.8, 4) is 0 Å². The molecular formula is C6H14N4O8S2. The van der Waals surface area contributed by atoms with Crippen LogP contribution in [-0.2, 0) is 29.6 Å². The quantitative estimate of drug-likeness (QED) is 0.249. The zero-order valence-electron chi connectivity index (χ0n) is 10.3. The van der Waals surface area contributed by atoms with Gasteiger partial charge in [-0.3, -0.25) is 20.4 Å². The zero-order valence-corrected chi connectivity index (χ0v) is 11.9. The van der Waals surface area contributed by atoms with Gasteiger partial charge in [-0.05, 0) is 0 Å². The van der Waals surface area contributed by atoms with Crippen molar-refractivity contribution in [1.29, 1.82) is 0 Å². The Morgan fingerprint density at radius 2 is 1.05 bits per heavy atom. The maximum absolute atomic E-state index is 11.2. The van der Waals surface area contributed by atoms with E-state index in [1.807, 2.05) is 0 Å². The highest BCUT2D eigenvalue weighted by molar-refractivity contribution is 7.88. The van der Waals surface area contributed by atoms with Gasteiger partial charge in [0.05, 0.1) is 12.5 Å². The maximum atomic E-state index is 11.2. The Labute approximate surface area is 114 Å². The number of hydrogen-bond donors (Lipinski definition) is 6. The molecule has 0 aliphatic heterocycles. The summed E-state index contributed by atoms with van der Waals surface area (Å²) < 4.78 is 42.6. The van der Waals surface area contributed by atoms with E-state index < -0.39 is 44.1 Å². The summed E-state index contributed by atoms with van der Waals surface area (Å²) in [5, 5.41) is 18.5. The molecule has 2 atom stereocenters. The summed E-state index contributed by atoms with van der Waals surface area (Å²) in [5.74, 6) is -2.84. The molecule has 0 rings (SSSR count). The minimum Gasteiger partial charge on any atom is -0.380 e. The number of sulfonamides is 2. The highest BCUT2D eigenvalue weighted by Crippen LogP contribution is 1.93. The smallest absolute Gasteiger partial charge is 0.267 e. The molecule has 20 heavy (non-hydrogen) atoms. The van der Waals surface area contributed by atoms with Gasteiger partial charge in [-0.1, -0.05) is 0 Å². The highest BCUT2D eigenvalue weighted by Gasteiger charge is 2.31. The Balaban J connectivity index is 4.49. The molecule has 0 saturated heterocycles. The lowest BCUT2D eigenvalue weighted by Gasteiger charge is -2.16. The fraction of sp³-hybridized carbons (Fsp3) is 0.667. The predicted octanol–water partition coefficient (Wildman–Crippen LogP) is -5.13. The molecule has 118 valence electrons. The molecule has 14 heteroatoms. The largest absolute Gasteiger partial charge is 0.380 e. The van der Waals surface area contributed by atoms with Gasteiger partial charge in [0.15, 0.2) is 12.2 Å². The standard InChI is InChI=1S/C6H14N4O8S2/c1-19(15,16)9-7-5(13)3(11)4(12)6(14)8-10-20(2,17)18/h3-4,9-12H,1-2H3,(H,7,13)(H,8,14). The molecule has 2 unspecified atom stereocenters. The second kappa shape index (κ2) is 6.91. The van der Waals surface area contributed by atoms with Crippen molar-refractivity contribution in [2.45, 2.75) is 12.2 Å². The van der Waals surface area contributed by atoms with Crippen LogP contribution in [0.25, 0.3) is 0 Å². The summed E-state index contributed by atoms with van der Waals surface area (Å²) in [6, 6.07) is 0. The van der Waals surface area contributed by atoms with Crippen LogP contribution in [0.15, 0.2) is 0 Å². The van der Waals surface area contributed by atoms with Gasteiger partial charge in [0.25, 0.3) is 11.8 Å². The van der Waals surface area contributed by atoms with Crippen molar-refractivity contribution in [3.05, 3.63) is 0 Å². The van der Waals surface area contributed by atoms with Crippen LogP contribution in [0.4, 0.5) is 0 Å². The first-order valence-corrected chi connectivity index (χ1v) is 8.51. The second-order valence-electron chi connectivity index (χ2n) is 3.62. The molecule has 2 amide bonds. The number of hydrogen-bond acceptors (Lipinski definition) is 8. The number of aliphatic hydroxyl groups excluding tert-OH is 2. The minimum atomic E-state index is -3.80. The summed E-state index contributed by atoms with van der Waals surface area (Å²) in [6.45, 7) is 0. The average Bonchev–Trinajstić information content (AvgIpc) is 2.29. The van der Waals surface area contributed by atoms with Crippen LogP contribution in [0.1, 0.15) is 0 Å². The summed E-state index contributed by atoms with van der Waals surface area (Å²) in [6.07, 6.45) is -3.24. The normalized spacial score (nSPS) is 15.2. The molecular weight excluding hydrogens is 320 g/mol. The number of nitrogens with one attached hydrogen (secondary N) is 4. The topological polar surface area (TPSA) is 191 Å². The monoisotopic (exact) mass is 334 g/mol. The number of rotatable bonds is 7. The Kier molecular flexibility index (Phi) is 6.45. The van der Waals surface area contributed by atoms with Gasteiger partial charge in [0.1, 0.15) is 0 Å². The molecule has 12 nitrogen and oxygen atoms in total. The highest BCUT2D eigenvalue weighted by atomic mass is 32.2. The van der Waals surface area contributed by atoms with Crippen LogP contribution < -0.4 is 20.5 Å². The first-order chi connectivity index (χ1) is 8.83. The molecule has 0 aliphatic carbocycles. The van der Waals surface area contributed by atoms with E-state index in [4.69, 9.17) is 0 Å². The van der Waals surface area contributed by atoms with Crippen LogP contribution in [0.3, 0.4) is 0 Å². The molecule has 0 aliphatic rings. The summed E-state index contributed by atoms with van der Waals surface area (Å²) >= 11 is 0. The number of hydrazine groups is 2. The van der Waals surface area contributed by atoms with Crippen molar-refractivity contribution in [1.82, 2.24) is 20.5 Å². The zero-order chi connectivity index (χ0) is 16.1. The van der Waals surface area contributed by atoms with Crippen molar-refractivity contribution in [2.24, 2.45) is 0 Å². The molecule has 0 aromatic heterocycles.